The fourth-order valence-corrected chi connectivity index (χ4v) is 3.55. The summed E-state index contributed by atoms with van der Waals surface area (Å²) < 4.78 is 23.5. The zero-order chi connectivity index (χ0) is 18.7. The van der Waals surface area contributed by atoms with E-state index in [1.807, 2.05) is 13.0 Å². The van der Waals surface area contributed by atoms with Crippen LogP contribution < -0.4 is 10.6 Å². The van der Waals surface area contributed by atoms with Gasteiger partial charge in [0.15, 0.2) is 5.96 Å². The normalized spacial score (nSPS) is 13.5. The van der Waals surface area contributed by atoms with E-state index in [1.165, 1.54) is 11.8 Å². The van der Waals surface area contributed by atoms with Crippen molar-refractivity contribution in [1.82, 2.24) is 10.6 Å². The summed E-state index contributed by atoms with van der Waals surface area (Å²) in [5, 5.41) is 6.43. The highest BCUT2D eigenvalue weighted by molar-refractivity contribution is 9.10. The number of guanidine groups is 1. The first-order valence-corrected chi connectivity index (χ1v) is 11.6. The minimum atomic E-state index is -2.91. The Morgan fingerprint density at radius 3 is 2.64 bits per heavy atom. The highest BCUT2D eigenvalue weighted by Crippen LogP contribution is 2.17. The number of benzene rings is 1. The van der Waals surface area contributed by atoms with Crippen molar-refractivity contribution in [2.45, 2.75) is 33.1 Å². The Morgan fingerprint density at radius 1 is 1.28 bits per heavy atom. The number of rotatable bonds is 10. The van der Waals surface area contributed by atoms with Crippen LogP contribution in [-0.2, 0) is 16.3 Å². The summed E-state index contributed by atoms with van der Waals surface area (Å²) in [7, 11) is -2.91. The Hall–Kier alpha value is -1.08. The first-order chi connectivity index (χ1) is 11.8. The molecule has 1 aromatic carbocycles. The van der Waals surface area contributed by atoms with Gasteiger partial charge in [-0.3, -0.25) is 4.99 Å². The van der Waals surface area contributed by atoms with Crippen LogP contribution in [0.1, 0.15) is 32.3 Å². The third kappa shape index (κ3) is 10.5. The zero-order valence-electron chi connectivity index (χ0n) is 15.4. The summed E-state index contributed by atoms with van der Waals surface area (Å²) in [4.78, 5) is 4.67. The molecule has 1 rings (SSSR count). The first-order valence-electron chi connectivity index (χ1n) is 8.78. The molecule has 25 heavy (non-hydrogen) atoms. The fraction of sp³-hybridized carbons (Fsp3) is 0.611. The molecule has 0 fully saturated rings. The predicted molar refractivity (Wildman–Crippen MR) is 110 cm³/mol. The van der Waals surface area contributed by atoms with E-state index in [0.29, 0.717) is 18.9 Å². The van der Waals surface area contributed by atoms with Crippen molar-refractivity contribution in [3.05, 3.63) is 34.3 Å². The number of hydrogen-bond donors (Lipinski definition) is 2. The lowest BCUT2D eigenvalue weighted by atomic mass is 9.97. The maximum Gasteiger partial charge on any atom is 0.191 e. The minimum Gasteiger partial charge on any atom is -0.357 e. The van der Waals surface area contributed by atoms with Gasteiger partial charge in [-0.2, -0.15) is 0 Å². The average molecular weight is 432 g/mol. The summed E-state index contributed by atoms with van der Waals surface area (Å²) >= 11 is 3.52. The molecule has 0 heterocycles. The van der Waals surface area contributed by atoms with Crippen molar-refractivity contribution in [1.29, 1.82) is 0 Å². The average Bonchev–Trinajstić information content (AvgIpc) is 2.54. The molecule has 0 aliphatic rings. The van der Waals surface area contributed by atoms with Gasteiger partial charge in [0.05, 0.1) is 5.75 Å². The van der Waals surface area contributed by atoms with Crippen molar-refractivity contribution >= 4 is 31.7 Å². The molecule has 1 atom stereocenters. The van der Waals surface area contributed by atoms with E-state index >= 15 is 0 Å². The minimum absolute atomic E-state index is 0.194. The molecular weight excluding hydrogens is 402 g/mol. The van der Waals surface area contributed by atoms with Gasteiger partial charge in [-0.1, -0.05) is 41.4 Å². The van der Waals surface area contributed by atoms with Gasteiger partial charge in [-0.25, -0.2) is 8.42 Å². The van der Waals surface area contributed by atoms with Gasteiger partial charge < -0.3 is 10.6 Å². The second-order valence-corrected chi connectivity index (χ2v) is 9.41. The highest BCUT2D eigenvalue weighted by atomic mass is 79.9. The van der Waals surface area contributed by atoms with Crippen LogP contribution in [0.15, 0.2) is 33.7 Å². The molecule has 5 nitrogen and oxygen atoms in total. The number of hydrogen-bond acceptors (Lipinski definition) is 3. The Morgan fingerprint density at radius 2 is 2.04 bits per heavy atom. The lowest BCUT2D eigenvalue weighted by Crippen LogP contribution is -2.38. The number of sulfone groups is 1. The van der Waals surface area contributed by atoms with Crippen LogP contribution in [0.2, 0.25) is 0 Å². The molecule has 0 amide bonds. The van der Waals surface area contributed by atoms with Crippen molar-refractivity contribution in [3.63, 3.8) is 0 Å². The van der Waals surface area contributed by atoms with Crippen LogP contribution in [0, 0.1) is 5.92 Å². The molecule has 0 spiro atoms. The van der Waals surface area contributed by atoms with E-state index in [9.17, 15) is 8.42 Å². The summed E-state index contributed by atoms with van der Waals surface area (Å²) in [6.07, 6.45) is 3.90. The van der Waals surface area contributed by atoms with Crippen molar-refractivity contribution in [2.75, 3.05) is 31.6 Å². The third-order valence-corrected chi connectivity index (χ3v) is 5.35. The zero-order valence-corrected chi connectivity index (χ0v) is 17.8. The van der Waals surface area contributed by atoms with Gasteiger partial charge in [0.25, 0.3) is 0 Å². The van der Waals surface area contributed by atoms with Crippen LogP contribution in [0.4, 0.5) is 0 Å². The third-order valence-electron chi connectivity index (χ3n) is 3.83. The van der Waals surface area contributed by atoms with Crippen LogP contribution in [0.3, 0.4) is 0 Å². The largest absolute Gasteiger partial charge is 0.357 e. The molecule has 1 aromatic rings. The van der Waals surface area contributed by atoms with Crippen molar-refractivity contribution in [2.24, 2.45) is 10.9 Å². The molecule has 142 valence electrons. The van der Waals surface area contributed by atoms with Gasteiger partial charge in [0.1, 0.15) is 9.84 Å². The molecule has 0 radical (unpaired) electrons. The summed E-state index contributed by atoms with van der Waals surface area (Å²) in [6, 6.07) is 8.39. The number of nitrogens with one attached hydrogen (secondary N) is 2. The van der Waals surface area contributed by atoms with E-state index in [1.54, 1.807) is 0 Å². The maximum absolute atomic E-state index is 11.2. The van der Waals surface area contributed by atoms with Gasteiger partial charge in [-0.15, -0.1) is 0 Å². The van der Waals surface area contributed by atoms with Crippen LogP contribution in [0.5, 0.6) is 0 Å². The van der Waals surface area contributed by atoms with E-state index in [2.05, 4.69) is 56.7 Å². The Bertz CT molecular complexity index is 647. The SMILES string of the molecule is CCNC(=NCC(CC)Cc1cccc(Br)c1)NCCCS(C)(=O)=O. The quantitative estimate of drug-likeness (QED) is 0.339. The summed E-state index contributed by atoms with van der Waals surface area (Å²) in [6.45, 7) is 6.32. The van der Waals surface area contributed by atoms with Gasteiger partial charge in [0.2, 0.25) is 0 Å². The molecule has 2 N–H and O–H groups in total. The van der Waals surface area contributed by atoms with Gasteiger partial charge in [0, 0.05) is 30.4 Å². The molecule has 0 saturated heterocycles. The molecule has 0 aromatic heterocycles. The van der Waals surface area contributed by atoms with E-state index in [0.717, 1.165) is 36.4 Å². The topological polar surface area (TPSA) is 70.6 Å². The second-order valence-electron chi connectivity index (χ2n) is 6.24. The molecule has 0 saturated carbocycles. The number of nitrogens with zero attached hydrogens (tertiary/aromatic N) is 1. The van der Waals surface area contributed by atoms with Crippen molar-refractivity contribution in [3.8, 4) is 0 Å². The van der Waals surface area contributed by atoms with E-state index in [-0.39, 0.29) is 5.75 Å². The standard InChI is InChI=1S/C18H30BrN3O2S/c1-4-15(12-16-8-6-9-17(19)13-16)14-22-18(20-5-2)21-10-7-11-25(3,23)24/h6,8-9,13,15H,4-5,7,10-12,14H2,1-3H3,(H2,20,21,22). The second kappa shape index (κ2) is 11.5. The molecule has 0 aliphatic heterocycles. The lowest BCUT2D eigenvalue weighted by Gasteiger charge is -2.15. The monoisotopic (exact) mass is 431 g/mol. The first kappa shape index (κ1) is 22.0. The molecule has 1 unspecified atom stereocenters. The Kier molecular flexibility index (Phi) is 10.1. The van der Waals surface area contributed by atoms with Gasteiger partial charge in [-0.05, 0) is 43.4 Å². The Balaban J connectivity index is 2.55. The van der Waals surface area contributed by atoms with Crippen LogP contribution in [0.25, 0.3) is 0 Å². The van der Waals surface area contributed by atoms with Gasteiger partial charge >= 0.3 is 0 Å². The summed E-state index contributed by atoms with van der Waals surface area (Å²) in [5.74, 6) is 1.42. The molecule has 7 heteroatoms. The molecule has 0 aliphatic carbocycles. The maximum atomic E-state index is 11.2. The van der Waals surface area contributed by atoms with Crippen LogP contribution >= 0.6 is 15.9 Å². The molecule has 0 bridgehead atoms. The van der Waals surface area contributed by atoms with Crippen molar-refractivity contribution < 1.29 is 8.42 Å². The lowest BCUT2D eigenvalue weighted by molar-refractivity contribution is 0.517. The van der Waals surface area contributed by atoms with E-state index < -0.39 is 9.84 Å². The fourth-order valence-electron chi connectivity index (χ4n) is 2.44. The van der Waals surface area contributed by atoms with E-state index in [4.69, 9.17) is 0 Å². The smallest absolute Gasteiger partial charge is 0.191 e. The molecular formula is C18H30BrN3O2S. The number of aliphatic imine (C=N–C) groups is 1. The highest BCUT2D eigenvalue weighted by Gasteiger charge is 2.09. The van der Waals surface area contributed by atoms with Crippen LogP contribution in [-0.4, -0.2) is 46.0 Å². The Labute approximate surface area is 160 Å². The number of halogens is 1. The summed E-state index contributed by atoms with van der Waals surface area (Å²) in [5.41, 5.74) is 1.31. The predicted octanol–water partition coefficient (Wildman–Crippen LogP) is 3.01.